The molecule has 1 N–H and O–H groups in total. The van der Waals surface area contributed by atoms with Crippen molar-refractivity contribution in [3.05, 3.63) is 75.3 Å². The van der Waals surface area contributed by atoms with Gasteiger partial charge in [-0.25, -0.2) is 5.43 Å². The van der Waals surface area contributed by atoms with E-state index in [4.69, 9.17) is 4.74 Å². The van der Waals surface area contributed by atoms with E-state index in [0.29, 0.717) is 5.75 Å². The lowest BCUT2D eigenvalue weighted by molar-refractivity contribution is -0.384. The second-order valence-corrected chi connectivity index (χ2v) is 5.63. The van der Waals surface area contributed by atoms with E-state index in [-0.39, 0.29) is 18.2 Å². The van der Waals surface area contributed by atoms with E-state index in [2.05, 4.69) is 10.5 Å². The first kappa shape index (κ1) is 18.9. The van der Waals surface area contributed by atoms with E-state index in [1.54, 1.807) is 24.3 Å². The molecule has 0 fully saturated rings. The van der Waals surface area contributed by atoms with Gasteiger partial charge in [-0.1, -0.05) is 12.1 Å². The van der Waals surface area contributed by atoms with E-state index < -0.39 is 4.92 Å². The highest BCUT2D eigenvalue weighted by molar-refractivity contribution is 5.82. The number of rotatable bonds is 7. The zero-order chi connectivity index (χ0) is 18.9. The Hall–Kier alpha value is -3.48. The lowest BCUT2D eigenvalue weighted by Crippen LogP contribution is -2.24. The molecule has 0 aliphatic carbocycles. The minimum atomic E-state index is -0.454. The van der Waals surface area contributed by atoms with Crippen molar-refractivity contribution in [2.24, 2.45) is 5.10 Å². The Kier molecular flexibility index (Phi) is 6.61. The first-order valence-electron chi connectivity index (χ1n) is 7.88. The average Bonchev–Trinajstić information content (AvgIpc) is 2.59. The van der Waals surface area contributed by atoms with Crippen LogP contribution in [-0.4, -0.2) is 23.7 Å². The van der Waals surface area contributed by atoms with Crippen LogP contribution in [0.15, 0.2) is 53.6 Å². The van der Waals surface area contributed by atoms with Crippen LogP contribution in [0, 0.1) is 24.0 Å². The molecule has 2 aromatic carbocycles. The largest absolute Gasteiger partial charge is 0.484 e. The Labute approximate surface area is 151 Å². The molecule has 0 aliphatic rings. The molecule has 7 nitrogen and oxygen atoms in total. The molecule has 0 aromatic heterocycles. The van der Waals surface area contributed by atoms with Crippen molar-refractivity contribution in [1.82, 2.24) is 5.43 Å². The van der Waals surface area contributed by atoms with Gasteiger partial charge in [0, 0.05) is 18.3 Å². The minimum absolute atomic E-state index is 0.0342. The molecule has 134 valence electrons. The number of nitro benzene ring substituents is 1. The van der Waals surface area contributed by atoms with E-state index >= 15 is 0 Å². The van der Waals surface area contributed by atoms with Crippen LogP contribution in [0.3, 0.4) is 0 Å². The highest BCUT2D eigenvalue weighted by Gasteiger charge is 2.03. The zero-order valence-corrected chi connectivity index (χ0v) is 14.5. The van der Waals surface area contributed by atoms with Crippen LogP contribution in [0.5, 0.6) is 5.75 Å². The fourth-order valence-corrected chi connectivity index (χ4v) is 2.21. The molecule has 0 atom stereocenters. The monoisotopic (exact) mass is 353 g/mol. The van der Waals surface area contributed by atoms with Crippen LogP contribution in [0.1, 0.15) is 16.7 Å². The van der Waals surface area contributed by atoms with Crippen molar-refractivity contribution >= 4 is 23.9 Å². The summed E-state index contributed by atoms with van der Waals surface area (Å²) in [4.78, 5) is 21.8. The molecular formula is C19H19N3O4. The van der Waals surface area contributed by atoms with Gasteiger partial charge in [0.25, 0.3) is 11.6 Å². The number of hydrogen-bond acceptors (Lipinski definition) is 5. The van der Waals surface area contributed by atoms with Crippen molar-refractivity contribution in [1.29, 1.82) is 0 Å². The second kappa shape index (κ2) is 9.12. The summed E-state index contributed by atoms with van der Waals surface area (Å²) in [7, 11) is 0. The van der Waals surface area contributed by atoms with Crippen molar-refractivity contribution in [3.8, 4) is 5.75 Å². The van der Waals surface area contributed by atoms with Gasteiger partial charge in [-0.15, -0.1) is 0 Å². The Balaban J connectivity index is 1.76. The molecule has 26 heavy (non-hydrogen) atoms. The lowest BCUT2D eigenvalue weighted by atomic mass is 10.1. The molecule has 2 aromatic rings. The van der Waals surface area contributed by atoms with Crippen LogP contribution in [0.4, 0.5) is 5.69 Å². The number of nitrogens with zero attached hydrogens (tertiary/aromatic N) is 2. The van der Waals surface area contributed by atoms with Gasteiger partial charge < -0.3 is 4.74 Å². The van der Waals surface area contributed by atoms with Crippen molar-refractivity contribution in [2.45, 2.75) is 13.8 Å². The number of amides is 1. The molecule has 2 rings (SSSR count). The fourth-order valence-electron chi connectivity index (χ4n) is 2.21. The highest BCUT2D eigenvalue weighted by Crippen LogP contribution is 2.16. The van der Waals surface area contributed by atoms with Gasteiger partial charge in [-0.05, 0) is 60.9 Å². The maximum absolute atomic E-state index is 11.7. The van der Waals surface area contributed by atoms with Gasteiger partial charge in [0.05, 0.1) is 4.92 Å². The Morgan fingerprint density at radius 1 is 1.19 bits per heavy atom. The number of ether oxygens (including phenoxy) is 1. The molecule has 0 bridgehead atoms. The van der Waals surface area contributed by atoms with E-state index in [9.17, 15) is 14.9 Å². The number of non-ortho nitro benzene ring substituents is 1. The van der Waals surface area contributed by atoms with Gasteiger partial charge >= 0.3 is 0 Å². The number of nitro groups is 1. The summed E-state index contributed by atoms with van der Waals surface area (Å²) in [6.07, 6.45) is 4.74. The predicted octanol–water partition coefficient (Wildman–Crippen LogP) is 3.41. The summed E-state index contributed by atoms with van der Waals surface area (Å²) in [5.74, 6) is 0.267. The van der Waals surface area contributed by atoms with Gasteiger partial charge in [-0.2, -0.15) is 5.10 Å². The lowest BCUT2D eigenvalue weighted by Gasteiger charge is -2.07. The minimum Gasteiger partial charge on any atom is -0.484 e. The SMILES string of the molecule is Cc1cc(C)cc(OCC(=O)N/N=C/C=C\c2ccc([N+](=O)[O-])cc2)c1. The quantitative estimate of drug-likeness (QED) is 0.469. The smallest absolute Gasteiger partial charge is 0.277 e. The maximum atomic E-state index is 11.7. The number of allylic oxidation sites excluding steroid dienone is 1. The number of benzene rings is 2. The third-order valence-corrected chi connectivity index (χ3v) is 3.31. The summed E-state index contributed by atoms with van der Waals surface area (Å²) in [6, 6.07) is 11.8. The first-order chi connectivity index (χ1) is 12.4. The van der Waals surface area contributed by atoms with Gasteiger partial charge in [0.2, 0.25) is 0 Å². The van der Waals surface area contributed by atoms with E-state index in [1.165, 1.54) is 18.3 Å². The third-order valence-electron chi connectivity index (χ3n) is 3.31. The molecule has 0 unspecified atom stereocenters. The second-order valence-electron chi connectivity index (χ2n) is 5.63. The molecule has 0 saturated carbocycles. The molecule has 7 heteroatoms. The topological polar surface area (TPSA) is 93.8 Å². The first-order valence-corrected chi connectivity index (χ1v) is 7.88. The normalized spacial score (nSPS) is 11.0. The van der Waals surface area contributed by atoms with E-state index in [1.807, 2.05) is 32.0 Å². The van der Waals surface area contributed by atoms with Crippen molar-refractivity contribution in [2.75, 3.05) is 6.61 Å². The Morgan fingerprint density at radius 3 is 2.46 bits per heavy atom. The highest BCUT2D eigenvalue weighted by atomic mass is 16.6. The van der Waals surface area contributed by atoms with Gasteiger partial charge in [0.15, 0.2) is 6.61 Å². The van der Waals surface area contributed by atoms with Crippen molar-refractivity contribution < 1.29 is 14.5 Å². The number of carbonyl (C=O) groups is 1. The molecule has 0 saturated heterocycles. The molecule has 1 amide bonds. The molecule has 0 heterocycles. The molecule has 0 radical (unpaired) electrons. The number of aryl methyl sites for hydroxylation is 2. The number of hydrazone groups is 1. The third kappa shape index (κ3) is 6.20. The maximum Gasteiger partial charge on any atom is 0.277 e. The van der Waals surface area contributed by atoms with Crippen molar-refractivity contribution in [3.63, 3.8) is 0 Å². The fraction of sp³-hybridized carbons (Fsp3) is 0.158. The van der Waals surface area contributed by atoms with Gasteiger partial charge in [-0.3, -0.25) is 14.9 Å². The summed E-state index contributed by atoms with van der Waals surface area (Å²) < 4.78 is 5.43. The standard InChI is InChI=1S/C19H19N3O4/c1-14-10-15(2)12-18(11-14)26-13-19(23)21-20-9-3-4-16-5-7-17(8-6-16)22(24)25/h3-12H,13H2,1-2H3,(H,21,23)/b4-3-,20-9+. The summed E-state index contributed by atoms with van der Waals surface area (Å²) >= 11 is 0. The Morgan fingerprint density at radius 2 is 1.85 bits per heavy atom. The summed E-state index contributed by atoms with van der Waals surface area (Å²) in [5.41, 5.74) is 5.30. The van der Waals surface area contributed by atoms with Crippen LogP contribution in [0.2, 0.25) is 0 Å². The van der Waals surface area contributed by atoms with Gasteiger partial charge in [0.1, 0.15) is 5.75 Å². The molecule has 0 spiro atoms. The summed E-state index contributed by atoms with van der Waals surface area (Å²) in [5, 5.41) is 14.3. The number of hydrogen-bond donors (Lipinski definition) is 1. The molecule has 0 aliphatic heterocycles. The summed E-state index contributed by atoms with van der Waals surface area (Å²) in [6.45, 7) is 3.79. The number of nitrogens with one attached hydrogen (secondary N) is 1. The van der Waals surface area contributed by atoms with Crippen LogP contribution < -0.4 is 10.2 Å². The predicted molar refractivity (Wildman–Crippen MR) is 100 cm³/mol. The molecular weight excluding hydrogens is 334 g/mol. The van der Waals surface area contributed by atoms with Crippen LogP contribution >= 0.6 is 0 Å². The van der Waals surface area contributed by atoms with Crippen LogP contribution in [0.25, 0.3) is 6.08 Å². The number of carbonyl (C=O) groups excluding carboxylic acids is 1. The zero-order valence-electron chi connectivity index (χ0n) is 14.5. The average molecular weight is 353 g/mol. The Bertz CT molecular complexity index is 822. The van der Waals surface area contributed by atoms with E-state index in [0.717, 1.165) is 16.7 Å². The van der Waals surface area contributed by atoms with Crippen LogP contribution in [-0.2, 0) is 4.79 Å².